The number of ether oxygens (including phenoxy) is 2. The molecule has 0 fully saturated rings. The van der Waals surface area contributed by atoms with E-state index in [4.69, 9.17) is 22.3 Å². The second-order valence-electron chi connectivity index (χ2n) is 12.6. The Kier molecular flexibility index (Phi) is 9.94. The Morgan fingerprint density at radius 1 is 0.440 bits per heavy atom. The fourth-order valence-electron chi connectivity index (χ4n) is 7.55. The molecule has 0 saturated carbocycles. The molecule has 50 heavy (non-hydrogen) atoms. The van der Waals surface area contributed by atoms with Gasteiger partial charge in [-0.2, -0.15) is 0 Å². The van der Waals surface area contributed by atoms with Crippen molar-refractivity contribution in [3.8, 4) is 58.4 Å². The van der Waals surface area contributed by atoms with Crippen LogP contribution >= 0.6 is 0 Å². The molecule has 0 N–H and O–H groups in total. The van der Waals surface area contributed by atoms with E-state index in [-0.39, 0.29) is 18.6 Å². The molecule has 0 amide bonds. The van der Waals surface area contributed by atoms with E-state index in [1.54, 1.807) is 0 Å². The number of fused-ring (bicyclic) bond motifs is 6. The lowest BCUT2D eigenvalue weighted by molar-refractivity contribution is 0.370. The standard InChI is InChI=1S/C31H22O2.C15H14.C2H6/c1-3-21-32-25-17-13-23(14-18-25)31(24-15-19-26(20-16-24)33-22-4-2)29-11-7-5-9-27(29)28-10-6-8-12-30(28)31;1-15(2)13-9-5-3-7-11(13)12-8-4-6-10-14(12)15;1-2/h1-2,5-20H,21-22H2;3-10H,1-2H3;1-2H3. The molecule has 0 atom stereocenters. The Balaban J connectivity index is 0.000000211. The van der Waals surface area contributed by atoms with Crippen molar-refractivity contribution in [3.63, 3.8) is 0 Å². The summed E-state index contributed by atoms with van der Waals surface area (Å²) < 4.78 is 11.3. The second-order valence-corrected chi connectivity index (χ2v) is 12.6. The Labute approximate surface area is 297 Å². The van der Waals surface area contributed by atoms with Gasteiger partial charge < -0.3 is 9.47 Å². The molecule has 0 heterocycles. The molecule has 0 aliphatic heterocycles. The highest BCUT2D eigenvalue weighted by Crippen LogP contribution is 2.56. The van der Waals surface area contributed by atoms with Crippen LogP contribution in [0.15, 0.2) is 146 Å². The summed E-state index contributed by atoms with van der Waals surface area (Å²) in [6.07, 6.45) is 10.7. The topological polar surface area (TPSA) is 18.5 Å². The van der Waals surface area contributed by atoms with Crippen LogP contribution in [0.4, 0.5) is 0 Å². The van der Waals surface area contributed by atoms with E-state index >= 15 is 0 Å². The quantitative estimate of drug-likeness (QED) is 0.167. The normalized spacial score (nSPS) is 13.2. The fraction of sp³-hybridized carbons (Fsp3) is 0.167. The Bertz CT molecular complexity index is 2020. The molecule has 0 unspecified atom stereocenters. The third-order valence-electron chi connectivity index (χ3n) is 9.66. The molecule has 6 aromatic rings. The van der Waals surface area contributed by atoms with E-state index < -0.39 is 5.41 Å². The molecule has 8 rings (SSSR count). The lowest BCUT2D eigenvalue weighted by Crippen LogP contribution is -2.28. The van der Waals surface area contributed by atoms with Crippen molar-refractivity contribution in [1.29, 1.82) is 0 Å². The van der Waals surface area contributed by atoms with Gasteiger partial charge in [0, 0.05) is 5.41 Å². The monoisotopic (exact) mass is 650 g/mol. The number of hydrogen-bond acceptors (Lipinski definition) is 2. The van der Waals surface area contributed by atoms with Crippen molar-refractivity contribution in [2.75, 3.05) is 13.2 Å². The first-order valence-electron chi connectivity index (χ1n) is 17.2. The first kappa shape index (κ1) is 33.9. The Morgan fingerprint density at radius 3 is 1.08 bits per heavy atom. The van der Waals surface area contributed by atoms with E-state index in [0.29, 0.717) is 0 Å². The molecule has 6 aromatic carbocycles. The molecule has 246 valence electrons. The molecule has 0 bridgehead atoms. The molecule has 2 aliphatic rings. The van der Waals surface area contributed by atoms with Crippen LogP contribution in [0.25, 0.3) is 22.3 Å². The number of terminal acetylenes is 2. The molecule has 0 radical (unpaired) electrons. The summed E-state index contributed by atoms with van der Waals surface area (Å²) in [5.74, 6) is 6.55. The smallest absolute Gasteiger partial charge is 0.148 e. The zero-order valence-electron chi connectivity index (χ0n) is 29.2. The lowest BCUT2D eigenvalue weighted by Gasteiger charge is -2.34. The van der Waals surface area contributed by atoms with Gasteiger partial charge in [0.2, 0.25) is 0 Å². The van der Waals surface area contributed by atoms with Gasteiger partial charge in [0.1, 0.15) is 24.7 Å². The van der Waals surface area contributed by atoms with E-state index in [9.17, 15) is 0 Å². The maximum atomic E-state index is 5.63. The third kappa shape index (κ3) is 5.85. The van der Waals surface area contributed by atoms with Crippen LogP contribution in [0.1, 0.15) is 61.1 Å². The highest BCUT2D eigenvalue weighted by molar-refractivity contribution is 5.86. The van der Waals surface area contributed by atoms with Crippen LogP contribution < -0.4 is 9.47 Å². The van der Waals surface area contributed by atoms with Crippen molar-refractivity contribution in [2.24, 2.45) is 0 Å². The van der Waals surface area contributed by atoms with Crippen LogP contribution in [0.2, 0.25) is 0 Å². The number of rotatable bonds is 6. The maximum absolute atomic E-state index is 5.63. The minimum absolute atomic E-state index is 0.160. The van der Waals surface area contributed by atoms with Crippen LogP contribution in [0, 0.1) is 24.7 Å². The summed E-state index contributed by atoms with van der Waals surface area (Å²) in [5.41, 5.74) is 12.7. The number of benzene rings is 6. The molecule has 0 saturated heterocycles. The van der Waals surface area contributed by atoms with Gasteiger partial charge >= 0.3 is 0 Å². The molecular formula is C48H42O2. The fourth-order valence-corrected chi connectivity index (χ4v) is 7.55. The Morgan fingerprint density at radius 2 is 0.740 bits per heavy atom. The predicted molar refractivity (Wildman–Crippen MR) is 208 cm³/mol. The predicted octanol–water partition coefficient (Wildman–Crippen LogP) is 11.1. The van der Waals surface area contributed by atoms with Gasteiger partial charge in [-0.25, -0.2) is 0 Å². The minimum atomic E-state index is -0.470. The molecule has 2 nitrogen and oxygen atoms in total. The van der Waals surface area contributed by atoms with E-state index in [0.717, 1.165) is 22.6 Å². The zero-order chi connectivity index (χ0) is 35.1. The van der Waals surface area contributed by atoms with Gasteiger partial charge in [0.25, 0.3) is 0 Å². The second kappa shape index (κ2) is 14.7. The average Bonchev–Trinajstić information content (AvgIpc) is 3.61. The minimum Gasteiger partial charge on any atom is -0.481 e. The Hall–Kier alpha value is -5.96. The van der Waals surface area contributed by atoms with Gasteiger partial charge in [0.15, 0.2) is 0 Å². The van der Waals surface area contributed by atoms with Gasteiger partial charge in [-0.3, -0.25) is 0 Å². The molecule has 0 spiro atoms. The van der Waals surface area contributed by atoms with Crippen LogP contribution in [0.3, 0.4) is 0 Å². The largest absolute Gasteiger partial charge is 0.481 e. The van der Waals surface area contributed by atoms with Crippen LogP contribution in [-0.4, -0.2) is 13.2 Å². The third-order valence-corrected chi connectivity index (χ3v) is 9.66. The first-order valence-corrected chi connectivity index (χ1v) is 17.2. The summed E-state index contributed by atoms with van der Waals surface area (Å²) in [4.78, 5) is 0. The SMILES string of the molecule is C#CCOc1ccc(C2(c3ccc(OCC#C)cc3)c3ccccc3-c3ccccc32)cc1.CC.CC1(C)c2ccccc2-c2ccccc21. The van der Waals surface area contributed by atoms with Crippen molar-refractivity contribution >= 4 is 0 Å². The van der Waals surface area contributed by atoms with Gasteiger partial charge in [-0.15, -0.1) is 12.8 Å². The van der Waals surface area contributed by atoms with Gasteiger partial charge in [-0.1, -0.05) is 161 Å². The van der Waals surface area contributed by atoms with E-state index in [2.05, 4.69) is 147 Å². The molecule has 2 aliphatic carbocycles. The lowest BCUT2D eigenvalue weighted by atomic mass is 9.68. The van der Waals surface area contributed by atoms with Gasteiger partial charge in [0.05, 0.1) is 5.41 Å². The van der Waals surface area contributed by atoms with E-state index in [1.165, 1.54) is 44.5 Å². The molecule has 2 heteroatoms. The summed E-state index contributed by atoms with van der Waals surface area (Å²) >= 11 is 0. The summed E-state index contributed by atoms with van der Waals surface area (Å²) in [5, 5.41) is 0. The highest BCUT2D eigenvalue weighted by atomic mass is 16.5. The maximum Gasteiger partial charge on any atom is 0.148 e. The van der Waals surface area contributed by atoms with Crippen LogP contribution in [0.5, 0.6) is 11.5 Å². The van der Waals surface area contributed by atoms with Crippen molar-refractivity contribution in [2.45, 2.75) is 38.5 Å². The summed E-state index contributed by atoms with van der Waals surface area (Å²) in [7, 11) is 0. The van der Waals surface area contributed by atoms with Crippen LogP contribution in [-0.2, 0) is 10.8 Å². The summed E-state index contributed by atoms with van der Waals surface area (Å²) in [6.45, 7) is 9.10. The zero-order valence-corrected chi connectivity index (χ0v) is 29.2. The van der Waals surface area contributed by atoms with Crippen molar-refractivity contribution in [1.82, 2.24) is 0 Å². The van der Waals surface area contributed by atoms with Gasteiger partial charge in [-0.05, 0) is 79.9 Å². The highest BCUT2D eigenvalue weighted by Gasteiger charge is 2.45. The van der Waals surface area contributed by atoms with E-state index in [1.807, 2.05) is 38.1 Å². The van der Waals surface area contributed by atoms with Crippen molar-refractivity contribution in [3.05, 3.63) is 179 Å². The first-order chi connectivity index (χ1) is 24.5. The average molecular weight is 651 g/mol. The number of hydrogen-bond donors (Lipinski definition) is 0. The van der Waals surface area contributed by atoms with Crippen molar-refractivity contribution < 1.29 is 9.47 Å². The molecule has 0 aromatic heterocycles. The summed E-state index contributed by atoms with van der Waals surface area (Å²) in [6, 6.07) is 51.2. The molecular weight excluding hydrogens is 609 g/mol.